The predicted octanol–water partition coefficient (Wildman–Crippen LogP) is 2.30. The summed E-state index contributed by atoms with van der Waals surface area (Å²) in [6, 6.07) is 10.2. The van der Waals surface area contributed by atoms with Gasteiger partial charge in [-0.15, -0.1) is 5.10 Å². The summed E-state index contributed by atoms with van der Waals surface area (Å²) in [5.74, 6) is 0.425. The fraction of sp³-hybridized carbons (Fsp3) is 0.389. The van der Waals surface area contributed by atoms with Crippen molar-refractivity contribution in [3.8, 4) is 0 Å². The highest BCUT2D eigenvalue weighted by molar-refractivity contribution is 5.78. The van der Waals surface area contributed by atoms with Gasteiger partial charge in [-0.05, 0) is 36.5 Å². The normalized spacial score (nSPS) is 17.2. The Morgan fingerprint density at radius 2 is 2.12 bits per heavy atom. The molecule has 2 aromatic heterocycles. The molecule has 1 saturated heterocycles. The minimum atomic E-state index is -0.0686. The van der Waals surface area contributed by atoms with Crippen LogP contribution in [0.3, 0.4) is 0 Å². The molecular formula is C18H21N5O. The van der Waals surface area contributed by atoms with Gasteiger partial charge < -0.3 is 10.5 Å². The Hall–Kier alpha value is -2.31. The van der Waals surface area contributed by atoms with Gasteiger partial charge in [-0.1, -0.05) is 23.4 Å². The Morgan fingerprint density at radius 3 is 3.00 bits per heavy atom. The first-order chi connectivity index (χ1) is 11.8. The molecule has 0 amide bonds. The number of hydrogen-bond donors (Lipinski definition) is 1. The number of fused-ring (bicyclic) bond motifs is 1. The van der Waals surface area contributed by atoms with E-state index in [2.05, 4.69) is 39.6 Å². The van der Waals surface area contributed by atoms with Crippen LogP contribution < -0.4 is 5.73 Å². The Bertz CT molecular complexity index is 825. The molecule has 0 radical (unpaired) electrons. The third-order valence-corrected chi connectivity index (χ3v) is 4.69. The molecule has 6 nitrogen and oxygen atoms in total. The number of benzene rings is 1. The average Bonchev–Trinajstić information content (AvgIpc) is 3.10. The Morgan fingerprint density at radius 1 is 1.25 bits per heavy atom. The van der Waals surface area contributed by atoms with Crippen LogP contribution in [0.1, 0.15) is 30.1 Å². The standard InChI is InChI=1S/C18H21N5O/c19-18(15-5-8-24-9-6-15)17-12-23(22-21-17)11-13-3-4-14-2-1-7-20-16(14)10-13/h1-4,7,10,12,15,18H,5-6,8-9,11,19H2. The zero-order valence-electron chi connectivity index (χ0n) is 13.5. The maximum atomic E-state index is 6.37. The van der Waals surface area contributed by atoms with Gasteiger partial charge >= 0.3 is 0 Å². The number of hydrogen-bond acceptors (Lipinski definition) is 5. The molecule has 0 saturated carbocycles. The molecule has 1 fully saturated rings. The van der Waals surface area contributed by atoms with E-state index in [1.165, 1.54) is 0 Å². The second-order valence-corrected chi connectivity index (χ2v) is 6.35. The largest absolute Gasteiger partial charge is 0.381 e. The van der Waals surface area contributed by atoms with Crippen LogP contribution in [-0.4, -0.2) is 33.2 Å². The molecule has 1 atom stereocenters. The van der Waals surface area contributed by atoms with Crippen LogP contribution in [0, 0.1) is 5.92 Å². The highest BCUT2D eigenvalue weighted by atomic mass is 16.5. The molecule has 0 aliphatic carbocycles. The number of aromatic nitrogens is 4. The minimum Gasteiger partial charge on any atom is -0.381 e. The number of nitrogens with zero attached hydrogens (tertiary/aromatic N) is 4. The average molecular weight is 323 g/mol. The molecule has 4 rings (SSSR count). The van der Waals surface area contributed by atoms with Gasteiger partial charge in [0.15, 0.2) is 0 Å². The van der Waals surface area contributed by atoms with Crippen molar-refractivity contribution in [3.63, 3.8) is 0 Å². The SMILES string of the molecule is NC(c1cn(Cc2ccc3cccnc3c2)nn1)C1CCOCC1. The third kappa shape index (κ3) is 3.16. The van der Waals surface area contributed by atoms with Crippen LogP contribution >= 0.6 is 0 Å². The number of pyridine rings is 1. The van der Waals surface area contributed by atoms with E-state index < -0.39 is 0 Å². The van der Waals surface area contributed by atoms with Gasteiger partial charge in [0.1, 0.15) is 0 Å². The van der Waals surface area contributed by atoms with Crippen molar-refractivity contribution >= 4 is 10.9 Å². The summed E-state index contributed by atoms with van der Waals surface area (Å²) in [4.78, 5) is 4.40. The van der Waals surface area contributed by atoms with Crippen LogP contribution in [0.2, 0.25) is 0 Å². The van der Waals surface area contributed by atoms with Gasteiger partial charge in [0.25, 0.3) is 0 Å². The Balaban J connectivity index is 1.49. The summed E-state index contributed by atoms with van der Waals surface area (Å²) in [5.41, 5.74) is 9.38. The quantitative estimate of drug-likeness (QED) is 0.797. The first-order valence-electron chi connectivity index (χ1n) is 8.36. The van der Waals surface area contributed by atoms with Gasteiger partial charge in [0.2, 0.25) is 0 Å². The fourth-order valence-corrected chi connectivity index (χ4v) is 3.26. The lowest BCUT2D eigenvalue weighted by Crippen LogP contribution is -2.27. The summed E-state index contributed by atoms with van der Waals surface area (Å²) >= 11 is 0. The summed E-state index contributed by atoms with van der Waals surface area (Å²) in [6.45, 7) is 2.24. The van der Waals surface area contributed by atoms with Gasteiger partial charge in [0, 0.05) is 24.8 Å². The number of ether oxygens (including phenoxy) is 1. The molecule has 0 spiro atoms. The molecule has 3 heterocycles. The molecule has 1 aliphatic heterocycles. The molecule has 1 aromatic carbocycles. The maximum absolute atomic E-state index is 6.37. The first-order valence-corrected chi connectivity index (χ1v) is 8.36. The summed E-state index contributed by atoms with van der Waals surface area (Å²) < 4.78 is 7.25. The van der Waals surface area contributed by atoms with E-state index in [1.807, 2.05) is 23.1 Å². The van der Waals surface area contributed by atoms with Crippen LogP contribution in [0.15, 0.2) is 42.7 Å². The highest BCUT2D eigenvalue weighted by Gasteiger charge is 2.24. The van der Waals surface area contributed by atoms with Crippen LogP contribution in [0.4, 0.5) is 0 Å². The van der Waals surface area contributed by atoms with E-state index in [1.54, 1.807) is 0 Å². The van der Waals surface area contributed by atoms with E-state index in [9.17, 15) is 0 Å². The maximum Gasteiger partial charge on any atom is 0.0997 e. The molecular weight excluding hydrogens is 302 g/mol. The van der Waals surface area contributed by atoms with Gasteiger partial charge in [-0.25, -0.2) is 4.68 Å². The Labute approximate surface area is 140 Å². The minimum absolute atomic E-state index is 0.0686. The van der Waals surface area contributed by atoms with E-state index in [0.29, 0.717) is 12.5 Å². The zero-order valence-corrected chi connectivity index (χ0v) is 13.5. The second kappa shape index (κ2) is 6.67. The highest BCUT2D eigenvalue weighted by Crippen LogP contribution is 2.26. The molecule has 24 heavy (non-hydrogen) atoms. The lowest BCUT2D eigenvalue weighted by atomic mass is 9.91. The predicted molar refractivity (Wildman–Crippen MR) is 91.3 cm³/mol. The van der Waals surface area contributed by atoms with Gasteiger partial charge in [-0.2, -0.15) is 0 Å². The lowest BCUT2D eigenvalue weighted by molar-refractivity contribution is 0.0579. The van der Waals surface area contributed by atoms with Crippen LogP contribution in [0.25, 0.3) is 10.9 Å². The summed E-state index contributed by atoms with van der Waals surface area (Å²) in [5, 5.41) is 9.66. The molecule has 1 aliphatic rings. The van der Waals surface area contributed by atoms with E-state index in [4.69, 9.17) is 10.5 Å². The molecule has 1 unspecified atom stereocenters. The molecule has 3 aromatic rings. The number of rotatable bonds is 4. The van der Waals surface area contributed by atoms with Crippen molar-refractivity contribution in [3.05, 3.63) is 54.0 Å². The topological polar surface area (TPSA) is 78.9 Å². The van der Waals surface area contributed by atoms with Crippen molar-refractivity contribution in [2.45, 2.75) is 25.4 Å². The second-order valence-electron chi connectivity index (χ2n) is 6.35. The van der Waals surface area contributed by atoms with Gasteiger partial charge in [-0.3, -0.25) is 4.98 Å². The Kier molecular flexibility index (Phi) is 4.23. The van der Waals surface area contributed by atoms with Crippen molar-refractivity contribution in [1.82, 2.24) is 20.0 Å². The monoisotopic (exact) mass is 323 g/mol. The summed E-state index contributed by atoms with van der Waals surface area (Å²) in [7, 11) is 0. The van der Waals surface area contributed by atoms with Crippen molar-refractivity contribution in [1.29, 1.82) is 0 Å². The molecule has 6 heteroatoms. The van der Waals surface area contributed by atoms with Crippen LogP contribution in [-0.2, 0) is 11.3 Å². The van der Waals surface area contributed by atoms with Crippen molar-refractivity contribution < 1.29 is 4.74 Å². The molecule has 124 valence electrons. The van der Waals surface area contributed by atoms with Crippen molar-refractivity contribution in [2.75, 3.05) is 13.2 Å². The molecule has 0 bridgehead atoms. The lowest BCUT2D eigenvalue weighted by Gasteiger charge is -2.26. The van der Waals surface area contributed by atoms with E-state index in [0.717, 1.165) is 48.2 Å². The molecule has 2 N–H and O–H groups in total. The zero-order chi connectivity index (χ0) is 16.4. The van der Waals surface area contributed by atoms with Crippen LogP contribution in [0.5, 0.6) is 0 Å². The smallest absolute Gasteiger partial charge is 0.0997 e. The fourth-order valence-electron chi connectivity index (χ4n) is 3.26. The van der Waals surface area contributed by atoms with Gasteiger partial charge in [0.05, 0.1) is 30.0 Å². The van der Waals surface area contributed by atoms with E-state index in [-0.39, 0.29) is 6.04 Å². The first kappa shape index (κ1) is 15.2. The van der Waals surface area contributed by atoms with E-state index >= 15 is 0 Å². The summed E-state index contributed by atoms with van der Waals surface area (Å²) in [6.07, 6.45) is 5.75. The number of nitrogens with two attached hydrogens (primary N) is 1. The third-order valence-electron chi connectivity index (χ3n) is 4.69. The van der Waals surface area contributed by atoms with Crippen molar-refractivity contribution in [2.24, 2.45) is 11.7 Å².